The number of hydrogen-bond donors (Lipinski definition) is 0. The number of hydrogen-bond acceptors (Lipinski definition) is 0. The van der Waals surface area contributed by atoms with E-state index in [4.69, 9.17) is 0 Å². The van der Waals surface area contributed by atoms with E-state index in [-0.39, 0.29) is 119 Å². The molecule has 0 unspecified atom stereocenters. The van der Waals surface area contributed by atoms with Gasteiger partial charge in [-0.05, 0) is 0 Å². The predicted molar refractivity (Wildman–Crippen MR) is 135 cm³/mol. The first-order chi connectivity index (χ1) is 5.41. The van der Waals surface area contributed by atoms with Gasteiger partial charge in [-0.1, -0.05) is 142 Å². The predicted octanol–water partition coefficient (Wildman–Crippen LogP) is 12.1. The van der Waals surface area contributed by atoms with Crippen molar-refractivity contribution in [3.63, 3.8) is 0 Å². The van der Waals surface area contributed by atoms with E-state index >= 15 is 0 Å². The maximum Gasteiger partial charge on any atom is 2.00 e. The van der Waals surface area contributed by atoms with Crippen molar-refractivity contribution in [3.05, 3.63) is 14.9 Å². The van der Waals surface area contributed by atoms with E-state index in [9.17, 15) is 0 Å². The van der Waals surface area contributed by atoms with Crippen LogP contribution in [0, 0.1) is 14.9 Å². The Balaban J connectivity index is -0.00000000104. The van der Waals surface area contributed by atoms with Crippen molar-refractivity contribution >= 4 is 0 Å². The first-order valence-corrected chi connectivity index (χ1v) is 5.41. The van der Waals surface area contributed by atoms with Crippen LogP contribution in [0.4, 0.5) is 0 Å². The zero-order chi connectivity index (χ0) is 10.7. The maximum absolute atomic E-state index is 2.12. The molecule has 0 aliphatic heterocycles. The van der Waals surface area contributed by atoms with Gasteiger partial charge in [0.15, 0.2) is 0 Å². The average molecular weight is 441 g/mol. The molecule has 172 valence electrons. The zero-order valence-electron chi connectivity index (χ0n) is 13.6. The molecule has 0 amide bonds. The summed E-state index contributed by atoms with van der Waals surface area (Å²) in [6.07, 6.45) is 1.25. The zero-order valence-corrected chi connectivity index (χ0v) is 16.4. The fourth-order valence-electron chi connectivity index (χ4n) is 0. The van der Waals surface area contributed by atoms with E-state index in [2.05, 4.69) is 13.8 Å². The van der Waals surface area contributed by atoms with Gasteiger partial charge in [-0.15, -0.1) is 0 Å². The molecule has 0 saturated heterocycles. The van der Waals surface area contributed by atoms with Gasteiger partial charge >= 0.3 is 18.6 Å². The van der Waals surface area contributed by atoms with Crippen LogP contribution in [0.3, 0.4) is 0 Å². The molecule has 2 heteroatoms. The second-order valence-electron chi connectivity index (χ2n) is 0.707. The third-order valence-electron chi connectivity index (χ3n) is 0. The van der Waals surface area contributed by atoms with Crippen molar-refractivity contribution in [1.82, 2.24) is 0 Å². The van der Waals surface area contributed by atoms with Gasteiger partial charge in [-0.25, -0.2) is 0 Å². The first kappa shape index (κ1) is 286. The Morgan fingerprint density at radius 2 is 0.375 bits per heavy atom. The van der Waals surface area contributed by atoms with Crippen molar-refractivity contribution in [3.8, 4) is 0 Å². The van der Waals surface area contributed by atoms with Gasteiger partial charge in [-0.3, -0.25) is 0 Å². The minimum absolute atomic E-state index is 0. The maximum atomic E-state index is 2.12. The summed E-state index contributed by atoms with van der Waals surface area (Å²) in [7, 11) is 0. The molecular formula is C22H74V2. The number of rotatable bonds is 0. The van der Waals surface area contributed by atoms with Crippen LogP contribution in [0.15, 0.2) is 0 Å². The third-order valence-corrected chi connectivity index (χ3v) is 0. The fraction of sp³-hybridized carbons (Fsp3) is 0.909. The van der Waals surface area contributed by atoms with Crippen molar-refractivity contribution in [2.45, 2.75) is 142 Å². The summed E-state index contributed by atoms with van der Waals surface area (Å²) in [5.74, 6) is 0. The summed E-state index contributed by atoms with van der Waals surface area (Å²) in [6.45, 7) is 20.2. The molecule has 0 saturated carbocycles. The SMILES string of the molecule is C.C.C.C.C.C.C.C.C.CC.CC.CC.CC.CCC.[CH3-].[CH3-].[V+2].[V]. The molecule has 2 radical (unpaired) electrons. The average Bonchev–Trinajstić information content (AvgIpc) is 2.18. The van der Waals surface area contributed by atoms with E-state index in [1.54, 1.807) is 0 Å². The van der Waals surface area contributed by atoms with Crippen molar-refractivity contribution in [1.29, 1.82) is 0 Å². The quantitative estimate of drug-likeness (QED) is 0.328. The molecule has 0 bridgehead atoms. The van der Waals surface area contributed by atoms with E-state index < -0.39 is 0 Å². The molecule has 0 spiro atoms. The van der Waals surface area contributed by atoms with Crippen molar-refractivity contribution in [2.75, 3.05) is 0 Å². The van der Waals surface area contributed by atoms with E-state index in [0.29, 0.717) is 0 Å². The van der Waals surface area contributed by atoms with E-state index in [1.165, 1.54) is 6.42 Å². The van der Waals surface area contributed by atoms with Crippen LogP contribution in [0.1, 0.15) is 142 Å². The molecule has 24 heavy (non-hydrogen) atoms. The third kappa shape index (κ3) is 8330. The monoisotopic (exact) mass is 440 g/mol. The van der Waals surface area contributed by atoms with Crippen LogP contribution in [-0.4, -0.2) is 0 Å². The van der Waals surface area contributed by atoms with Crippen LogP contribution in [0.2, 0.25) is 0 Å². The van der Waals surface area contributed by atoms with E-state index in [0.717, 1.165) is 0 Å². The van der Waals surface area contributed by atoms with Crippen molar-refractivity contribution in [2.24, 2.45) is 0 Å². The standard InChI is InChI=1S/C3H8.4C2H6.9CH4.2CH3.2V/c1-3-2;4*1-2;;;;;;;;;;;;;/h3H2,1-2H3;4*1-2H3;9*1H4;2*1H3;;/q;;;;;;;;;;;;;;2*-1;;+2. The summed E-state index contributed by atoms with van der Waals surface area (Å²) in [5.41, 5.74) is 0. The summed E-state index contributed by atoms with van der Waals surface area (Å²) >= 11 is 0. The van der Waals surface area contributed by atoms with Crippen LogP contribution < -0.4 is 0 Å². The summed E-state index contributed by atoms with van der Waals surface area (Å²) < 4.78 is 0. The molecule has 0 aromatic rings. The first-order valence-electron chi connectivity index (χ1n) is 5.41. The Bertz CT molecular complexity index is 9.93. The topological polar surface area (TPSA) is 0 Å². The van der Waals surface area contributed by atoms with Gasteiger partial charge in [0.25, 0.3) is 0 Å². The second kappa shape index (κ2) is 2760. The normalized spacial score (nSPS) is 1.75. The van der Waals surface area contributed by atoms with Gasteiger partial charge in [0, 0.05) is 18.6 Å². The molecule has 0 nitrogen and oxygen atoms in total. The molecule has 0 atom stereocenters. The minimum Gasteiger partial charge on any atom is -0.358 e. The largest absolute Gasteiger partial charge is 2.00 e. The molecule has 0 aromatic carbocycles. The molecule has 0 aromatic heterocycles. The smallest absolute Gasteiger partial charge is 0.358 e. The van der Waals surface area contributed by atoms with Gasteiger partial charge in [0.05, 0.1) is 0 Å². The Hall–Kier alpha value is 1.17. The molecule has 0 N–H and O–H groups in total. The second-order valence-corrected chi connectivity index (χ2v) is 0.707. The Kier molecular flexibility index (Phi) is 32900. The summed E-state index contributed by atoms with van der Waals surface area (Å²) in [4.78, 5) is 0. The van der Waals surface area contributed by atoms with Crippen LogP contribution in [-0.2, 0) is 37.1 Å². The molecule has 0 fully saturated rings. The Morgan fingerprint density at radius 1 is 0.375 bits per heavy atom. The van der Waals surface area contributed by atoms with Gasteiger partial charge < -0.3 is 14.9 Å². The van der Waals surface area contributed by atoms with Crippen LogP contribution in [0.25, 0.3) is 0 Å². The molecule has 0 aliphatic rings. The fourth-order valence-corrected chi connectivity index (χ4v) is 0. The summed E-state index contributed by atoms with van der Waals surface area (Å²) in [6, 6.07) is 0. The van der Waals surface area contributed by atoms with Gasteiger partial charge in [0.2, 0.25) is 0 Å². The molecule has 0 heterocycles. The van der Waals surface area contributed by atoms with Crippen molar-refractivity contribution < 1.29 is 37.1 Å². The van der Waals surface area contributed by atoms with Crippen LogP contribution in [0.5, 0.6) is 0 Å². The van der Waals surface area contributed by atoms with Gasteiger partial charge in [0.1, 0.15) is 0 Å². The molecular weight excluding hydrogens is 366 g/mol. The summed E-state index contributed by atoms with van der Waals surface area (Å²) in [5, 5.41) is 0. The van der Waals surface area contributed by atoms with Crippen LogP contribution >= 0.6 is 0 Å². The molecule has 0 aliphatic carbocycles. The Morgan fingerprint density at radius 3 is 0.375 bits per heavy atom. The van der Waals surface area contributed by atoms with E-state index in [1.807, 2.05) is 55.4 Å². The minimum atomic E-state index is 0. The molecule has 0 rings (SSSR count). The van der Waals surface area contributed by atoms with Gasteiger partial charge in [-0.2, -0.15) is 0 Å². The Labute approximate surface area is 194 Å².